The monoisotopic (exact) mass is 348 g/mol. The molecule has 0 aliphatic heterocycles. The number of nitrogens with one attached hydrogen (secondary N) is 2. The Morgan fingerprint density at radius 2 is 2.08 bits per heavy atom. The molecule has 3 N–H and O–H groups in total. The fourth-order valence-electron chi connectivity index (χ4n) is 2.52. The molecule has 0 aliphatic rings. The van der Waals surface area contributed by atoms with Crippen molar-refractivity contribution >= 4 is 17.8 Å². The molecule has 2 atom stereocenters. The van der Waals surface area contributed by atoms with Gasteiger partial charge >= 0.3 is 5.97 Å². The number of hydrogen-bond donors (Lipinski definition) is 3. The van der Waals surface area contributed by atoms with Crippen LogP contribution in [-0.2, 0) is 9.59 Å². The number of aromatic nitrogens is 3. The van der Waals surface area contributed by atoms with Crippen molar-refractivity contribution in [3.05, 3.63) is 29.6 Å². The number of carboxylic acid groups (broad SMARTS) is 1. The summed E-state index contributed by atoms with van der Waals surface area (Å²) in [6.07, 6.45) is 8.13. The van der Waals surface area contributed by atoms with Crippen LogP contribution in [0.4, 0.5) is 5.95 Å². The van der Waals surface area contributed by atoms with Crippen LogP contribution >= 0.6 is 0 Å². The van der Waals surface area contributed by atoms with Gasteiger partial charge in [0.25, 0.3) is 0 Å². The zero-order valence-corrected chi connectivity index (χ0v) is 15.4. The van der Waals surface area contributed by atoms with Crippen LogP contribution < -0.4 is 5.32 Å². The Morgan fingerprint density at radius 1 is 1.36 bits per heavy atom. The van der Waals surface area contributed by atoms with Crippen molar-refractivity contribution in [2.24, 2.45) is 11.8 Å². The maximum Gasteiger partial charge on any atom is 0.304 e. The lowest BCUT2D eigenvalue weighted by atomic mass is 9.88. The van der Waals surface area contributed by atoms with E-state index >= 15 is 0 Å². The average molecular weight is 348 g/mol. The van der Waals surface area contributed by atoms with E-state index < -0.39 is 11.9 Å². The Bertz CT molecular complexity index is 620. The molecule has 1 aromatic rings. The summed E-state index contributed by atoms with van der Waals surface area (Å²) in [7, 11) is 0. The van der Waals surface area contributed by atoms with E-state index in [1.807, 2.05) is 19.9 Å². The molecule has 0 radical (unpaired) electrons. The lowest BCUT2D eigenvalue weighted by Gasteiger charge is -2.19. The minimum Gasteiger partial charge on any atom is -0.481 e. The number of allylic oxidation sites excluding steroid dienone is 4. The molecule has 25 heavy (non-hydrogen) atoms. The molecule has 0 saturated carbocycles. The van der Waals surface area contributed by atoms with Crippen molar-refractivity contribution in [1.82, 2.24) is 15.2 Å². The van der Waals surface area contributed by atoms with E-state index in [1.54, 1.807) is 0 Å². The van der Waals surface area contributed by atoms with E-state index in [1.165, 1.54) is 11.9 Å². The molecule has 1 amide bonds. The van der Waals surface area contributed by atoms with E-state index in [9.17, 15) is 9.59 Å². The van der Waals surface area contributed by atoms with Gasteiger partial charge in [-0.2, -0.15) is 10.1 Å². The molecule has 0 saturated heterocycles. The van der Waals surface area contributed by atoms with Crippen LogP contribution in [0.15, 0.2) is 29.6 Å². The molecule has 138 valence electrons. The number of aromatic amines is 1. The molecule has 1 aromatic heterocycles. The highest BCUT2D eigenvalue weighted by atomic mass is 16.4. The van der Waals surface area contributed by atoms with Gasteiger partial charge in [0.05, 0.1) is 12.3 Å². The molecule has 0 spiro atoms. The summed E-state index contributed by atoms with van der Waals surface area (Å²) < 4.78 is 0. The number of aliphatic carboxylic acids is 1. The average Bonchev–Trinajstić information content (AvgIpc) is 3.04. The Labute approximate surface area is 148 Å². The third kappa shape index (κ3) is 7.78. The third-order valence-corrected chi connectivity index (χ3v) is 4.16. The highest BCUT2D eigenvalue weighted by Crippen LogP contribution is 2.22. The zero-order chi connectivity index (χ0) is 18.8. The van der Waals surface area contributed by atoms with E-state index in [2.05, 4.69) is 40.4 Å². The Balaban J connectivity index is 2.74. The number of carbonyl (C=O) groups is 2. The van der Waals surface area contributed by atoms with Crippen molar-refractivity contribution in [1.29, 1.82) is 0 Å². The maximum atomic E-state index is 12.4. The maximum absolute atomic E-state index is 12.4. The van der Waals surface area contributed by atoms with Gasteiger partial charge in [-0.05, 0) is 39.0 Å². The molecule has 2 unspecified atom stereocenters. The van der Waals surface area contributed by atoms with Gasteiger partial charge in [-0.1, -0.05) is 37.1 Å². The van der Waals surface area contributed by atoms with Crippen molar-refractivity contribution in [2.75, 3.05) is 5.32 Å². The van der Waals surface area contributed by atoms with Crippen LogP contribution in [0.2, 0.25) is 0 Å². The normalized spacial score (nSPS) is 14.9. The molecule has 0 bridgehead atoms. The molecular weight excluding hydrogens is 320 g/mol. The largest absolute Gasteiger partial charge is 0.481 e. The third-order valence-electron chi connectivity index (χ3n) is 4.16. The number of amides is 1. The molecule has 0 aromatic carbocycles. The summed E-state index contributed by atoms with van der Waals surface area (Å²) in [6.45, 7) is 8.11. The van der Waals surface area contributed by atoms with Crippen LogP contribution in [0.1, 0.15) is 53.4 Å². The van der Waals surface area contributed by atoms with Gasteiger partial charge in [0.2, 0.25) is 11.9 Å². The number of carbonyl (C=O) groups excluding carboxylic acids is 1. The number of nitrogens with zero attached hydrogens (tertiary/aromatic N) is 2. The summed E-state index contributed by atoms with van der Waals surface area (Å²) in [4.78, 5) is 27.4. The van der Waals surface area contributed by atoms with Gasteiger partial charge in [-0.15, -0.1) is 0 Å². The molecule has 7 heteroatoms. The molecule has 0 aliphatic carbocycles. The first-order valence-corrected chi connectivity index (χ1v) is 8.54. The van der Waals surface area contributed by atoms with Crippen LogP contribution in [0.25, 0.3) is 0 Å². The first-order chi connectivity index (χ1) is 11.8. The predicted molar refractivity (Wildman–Crippen MR) is 97.0 cm³/mol. The van der Waals surface area contributed by atoms with Crippen molar-refractivity contribution in [2.45, 2.75) is 53.4 Å². The molecular formula is C18H28N4O3. The van der Waals surface area contributed by atoms with E-state index in [-0.39, 0.29) is 24.2 Å². The van der Waals surface area contributed by atoms with Gasteiger partial charge < -0.3 is 5.11 Å². The second-order valence-electron chi connectivity index (χ2n) is 6.34. The van der Waals surface area contributed by atoms with E-state index in [4.69, 9.17) is 5.11 Å². The Kier molecular flexibility index (Phi) is 8.60. The topological polar surface area (TPSA) is 108 Å². The number of H-pyrrole nitrogens is 1. The fourth-order valence-corrected chi connectivity index (χ4v) is 2.52. The first-order valence-electron chi connectivity index (χ1n) is 8.54. The summed E-state index contributed by atoms with van der Waals surface area (Å²) in [6, 6.07) is 0. The summed E-state index contributed by atoms with van der Waals surface area (Å²) in [5.74, 6) is -2.04. The second-order valence-corrected chi connectivity index (χ2v) is 6.34. The van der Waals surface area contributed by atoms with Crippen LogP contribution in [0.5, 0.6) is 0 Å². The number of hydrogen-bond acceptors (Lipinski definition) is 4. The first kappa shape index (κ1) is 20.6. The molecule has 1 heterocycles. The zero-order valence-electron chi connectivity index (χ0n) is 15.4. The minimum atomic E-state index is -1.00. The Hall–Kier alpha value is -2.44. The Morgan fingerprint density at radius 3 is 2.64 bits per heavy atom. The van der Waals surface area contributed by atoms with Crippen molar-refractivity contribution in [3.63, 3.8) is 0 Å². The van der Waals surface area contributed by atoms with Gasteiger partial charge in [-0.3, -0.25) is 14.9 Å². The van der Waals surface area contributed by atoms with E-state index in [0.29, 0.717) is 0 Å². The van der Waals surface area contributed by atoms with Crippen molar-refractivity contribution in [3.8, 4) is 0 Å². The second kappa shape index (κ2) is 10.4. The molecule has 0 fully saturated rings. The molecule has 7 nitrogen and oxygen atoms in total. The molecule has 1 rings (SSSR count). The fraction of sp³-hybridized carbons (Fsp3) is 0.556. The summed E-state index contributed by atoms with van der Waals surface area (Å²) in [5, 5.41) is 17.9. The number of rotatable bonds is 10. The highest BCUT2D eigenvalue weighted by molar-refractivity contribution is 5.93. The standard InChI is InChI=1S/C18H28N4O3/c1-5-12(2)7-6-8-13(3)9-14(4)15(10-16(23)24)17(25)21-18-19-11-20-22-18/h7,9,11,14-15H,5-6,8,10H2,1-4H3,(H,23,24)(H2,19,20,21,22,25). The number of carboxylic acids is 1. The van der Waals surface area contributed by atoms with Gasteiger partial charge in [0.1, 0.15) is 6.33 Å². The minimum absolute atomic E-state index is 0.199. The smallest absolute Gasteiger partial charge is 0.304 e. The lowest BCUT2D eigenvalue weighted by molar-refractivity contribution is -0.140. The van der Waals surface area contributed by atoms with Gasteiger partial charge in [-0.25, -0.2) is 5.10 Å². The van der Waals surface area contributed by atoms with Crippen LogP contribution in [-0.4, -0.2) is 32.2 Å². The van der Waals surface area contributed by atoms with E-state index in [0.717, 1.165) is 24.8 Å². The quantitative estimate of drug-likeness (QED) is 0.560. The van der Waals surface area contributed by atoms with Crippen LogP contribution in [0.3, 0.4) is 0 Å². The van der Waals surface area contributed by atoms with Crippen LogP contribution in [0, 0.1) is 11.8 Å². The number of anilines is 1. The highest BCUT2D eigenvalue weighted by Gasteiger charge is 2.27. The SMILES string of the molecule is CCC(C)=CCCC(C)=CC(C)C(CC(=O)O)C(=O)Nc1ncn[nH]1. The van der Waals surface area contributed by atoms with Crippen molar-refractivity contribution < 1.29 is 14.7 Å². The van der Waals surface area contributed by atoms with Gasteiger partial charge in [0.15, 0.2) is 0 Å². The predicted octanol–water partition coefficient (Wildman–Crippen LogP) is 3.55. The summed E-state index contributed by atoms with van der Waals surface area (Å²) >= 11 is 0. The lowest BCUT2D eigenvalue weighted by Crippen LogP contribution is -2.30. The van der Waals surface area contributed by atoms with Gasteiger partial charge in [0, 0.05) is 0 Å². The summed E-state index contributed by atoms with van der Waals surface area (Å²) in [5.41, 5.74) is 2.51.